The zero-order chi connectivity index (χ0) is 18.1. The van der Waals surface area contributed by atoms with E-state index in [1.807, 2.05) is 53.4 Å². The van der Waals surface area contributed by atoms with Gasteiger partial charge >= 0.3 is 6.09 Å². The molecule has 2 aliphatic heterocycles. The van der Waals surface area contributed by atoms with Crippen molar-refractivity contribution >= 4 is 12.0 Å². The second kappa shape index (κ2) is 6.83. The molecule has 0 spiro atoms. The van der Waals surface area contributed by atoms with Gasteiger partial charge in [0, 0.05) is 19.1 Å². The highest BCUT2D eigenvalue weighted by Crippen LogP contribution is 2.48. The average Bonchev–Trinajstić information content (AvgIpc) is 2.68. The topological polar surface area (TPSA) is 60.9 Å². The van der Waals surface area contributed by atoms with E-state index in [1.165, 1.54) is 4.90 Å². The molecule has 2 fully saturated rings. The van der Waals surface area contributed by atoms with Crippen LogP contribution in [0, 0.1) is 0 Å². The SMILES string of the molecule is O=C(O)N1CCC(N2C(=O)[C@H](c3ccccc3)[C@H]2c2ccccc2)CC1. The molecule has 0 bridgehead atoms. The smallest absolute Gasteiger partial charge is 0.407 e. The summed E-state index contributed by atoms with van der Waals surface area (Å²) in [5, 5.41) is 9.15. The first-order valence-corrected chi connectivity index (χ1v) is 9.07. The molecule has 1 N–H and O–H groups in total. The number of carbonyl (C=O) groups excluding carboxylic acids is 1. The molecular formula is C21H22N2O3. The van der Waals surface area contributed by atoms with Gasteiger partial charge in [-0.25, -0.2) is 4.79 Å². The summed E-state index contributed by atoms with van der Waals surface area (Å²) in [5.74, 6) is -0.00469. The lowest BCUT2D eigenvalue weighted by atomic mass is 9.76. The van der Waals surface area contributed by atoms with Gasteiger partial charge in [0.15, 0.2) is 0 Å². The molecule has 2 saturated heterocycles. The molecule has 2 aromatic carbocycles. The molecule has 0 unspecified atom stereocenters. The number of piperidine rings is 1. The molecule has 4 rings (SSSR count). The third-order valence-electron chi connectivity index (χ3n) is 5.56. The normalized spacial score (nSPS) is 23.6. The van der Waals surface area contributed by atoms with Crippen LogP contribution in [-0.4, -0.2) is 46.0 Å². The van der Waals surface area contributed by atoms with Gasteiger partial charge in [-0.1, -0.05) is 60.7 Å². The van der Waals surface area contributed by atoms with Crippen molar-refractivity contribution in [2.75, 3.05) is 13.1 Å². The van der Waals surface area contributed by atoms with Crippen LogP contribution in [0.2, 0.25) is 0 Å². The van der Waals surface area contributed by atoms with Gasteiger partial charge in [0.25, 0.3) is 0 Å². The second-order valence-corrected chi connectivity index (χ2v) is 6.99. The van der Waals surface area contributed by atoms with E-state index in [1.54, 1.807) is 0 Å². The Morgan fingerprint density at radius 3 is 1.96 bits per heavy atom. The Morgan fingerprint density at radius 1 is 0.885 bits per heavy atom. The van der Waals surface area contributed by atoms with E-state index in [4.69, 9.17) is 5.11 Å². The van der Waals surface area contributed by atoms with Crippen molar-refractivity contribution in [2.24, 2.45) is 0 Å². The summed E-state index contributed by atoms with van der Waals surface area (Å²) in [6.45, 7) is 0.975. The van der Waals surface area contributed by atoms with Gasteiger partial charge in [0.2, 0.25) is 5.91 Å². The van der Waals surface area contributed by atoms with Crippen molar-refractivity contribution in [2.45, 2.75) is 30.8 Å². The highest BCUT2D eigenvalue weighted by atomic mass is 16.4. The minimum absolute atomic E-state index is 0.0208. The maximum absolute atomic E-state index is 13.1. The van der Waals surface area contributed by atoms with Crippen molar-refractivity contribution in [1.82, 2.24) is 9.80 Å². The fraction of sp³-hybridized carbons (Fsp3) is 0.333. The van der Waals surface area contributed by atoms with Crippen molar-refractivity contribution in [3.05, 3.63) is 71.8 Å². The number of hydrogen-bond donors (Lipinski definition) is 1. The van der Waals surface area contributed by atoms with E-state index in [9.17, 15) is 9.59 Å². The Labute approximate surface area is 152 Å². The van der Waals surface area contributed by atoms with Crippen LogP contribution in [0.3, 0.4) is 0 Å². The quantitative estimate of drug-likeness (QED) is 0.862. The largest absolute Gasteiger partial charge is 0.465 e. The van der Waals surface area contributed by atoms with Crippen LogP contribution < -0.4 is 0 Å². The summed E-state index contributed by atoms with van der Waals surface area (Å²) in [7, 11) is 0. The summed E-state index contributed by atoms with van der Waals surface area (Å²) in [6.07, 6.45) is 0.520. The molecule has 2 amide bonds. The zero-order valence-electron chi connectivity index (χ0n) is 14.5. The van der Waals surface area contributed by atoms with Crippen molar-refractivity contribution in [3.8, 4) is 0 Å². The Hall–Kier alpha value is -2.82. The van der Waals surface area contributed by atoms with Gasteiger partial charge < -0.3 is 14.9 Å². The summed E-state index contributed by atoms with van der Waals surface area (Å²) in [4.78, 5) is 27.6. The summed E-state index contributed by atoms with van der Waals surface area (Å²) >= 11 is 0. The van der Waals surface area contributed by atoms with Crippen molar-refractivity contribution in [3.63, 3.8) is 0 Å². The standard InChI is InChI=1S/C21H22N2O3/c24-20-18(15-7-3-1-4-8-15)19(16-9-5-2-6-10-16)23(20)17-11-13-22(14-12-17)21(25)26/h1-10,17-19H,11-14H2,(H,25,26)/t18-,19-/m1/s1. The predicted octanol–water partition coefficient (Wildman–Crippen LogP) is 3.50. The third-order valence-corrected chi connectivity index (χ3v) is 5.56. The Balaban J connectivity index is 1.60. The van der Waals surface area contributed by atoms with Crippen molar-refractivity contribution in [1.29, 1.82) is 0 Å². The van der Waals surface area contributed by atoms with Crippen LogP contribution in [0.25, 0.3) is 0 Å². The van der Waals surface area contributed by atoms with Crippen LogP contribution in [0.5, 0.6) is 0 Å². The van der Waals surface area contributed by atoms with Gasteiger partial charge in [0.1, 0.15) is 0 Å². The lowest BCUT2D eigenvalue weighted by Crippen LogP contribution is -2.60. The van der Waals surface area contributed by atoms with Gasteiger partial charge in [-0.2, -0.15) is 0 Å². The molecule has 134 valence electrons. The minimum Gasteiger partial charge on any atom is -0.465 e. The van der Waals surface area contributed by atoms with Crippen LogP contribution >= 0.6 is 0 Å². The number of benzene rings is 2. The minimum atomic E-state index is -0.875. The molecule has 0 aliphatic carbocycles. The maximum atomic E-state index is 13.1. The van der Waals surface area contributed by atoms with E-state index < -0.39 is 6.09 Å². The zero-order valence-corrected chi connectivity index (χ0v) is 14.5. The first kappa shape index (κ1) is 16.6. The van der Waals surface area contributed by atoms with E-state index in [0.717, 1.165) is 11.1 Å². The van der Waals surface area contributed by atoms with Gasteiger partial charge in [0.05, 0.1) is 12.0 Å². The highest BCUT2D eigenvalue weighted by molar-refractivity contribution is 5.92. The maximum Gasteiger partial charge on any atom is 0.407 e. The second-order valence-electron chi connectivity index (χ2n) is 6.99. The lowest BCUT2D eigenvalue weighted by molar-refractivity contribution is -0.156. The van der Waals surface area contributed by atoms with Crippen LogP contribution in [0.15, 0.2) is 60.7 Å². The molecular weight excluding hydrogens is 328 g/mol. The number of amides is 2. The molecule has 2 aromatic rings. The number of nitrogens with zero attached hydrogens (tertiary/aromatic N) is 2. The van der Waals surface area contributed by atoms with E-state index in [0.29, 0.717) is 25.9 Å². The molecule has 2 atom stereocenters. The fourth-order valence-electron chi connectivity index (χ4n) is 4.24. The molecule has 2 aliphatic rings. The van der Waals surface area contributed by atoms with Gasteiger partial charge in [-0.3, -0.25) is 4.79 Å². The monoisotopic (exact) mass is 350 g/mol. The van der Waals surface area contributed by atoms with Crippen LogP contribution in [0.1, 0.15) is 35.9 Å². The lowest BCUT2D eigenvalue weighted by Gasteiger charge is -2.53. The Kier molecular flexibility index (Phi) is 4.37. The van der Waals surface area contributed by atoms with Crippen LogP contribution in [0.4, 0.5) is 4.79 Å². The first-order valence-electron chi connectivity index (χ1n) is 9.07. The Morgan fingerprint density at radius 2 is 1.42 bits per heavy atom. The first-order chi connectivity index (χ1) is 12.7. The number of carboxylic acid groups (broad SMARTS) is 1. The number of β-lactam (4-membered cyclic amide) rings is 1. The number of hydrogen-bond acceptors (Lipinski definition) is 2. The molecule has 0 radical (unpaired) electrons. The summed E-state index contributed by atoms with van der Waals surface area (Å²) < 4.78 is 0. The van der Waals surface area contributed by atoms with E-state index in [-0.39, 0.29) is 23.9 Å². The van der Waals surface area contributed by atoms with Gasteiger partial charge in [-0.05, 0) is 24.0 Å². The molecule has 26 heavy (non-hydrogen) atoms. The van der Waals surface area contributed by atoms with E-state index in [2.05, 4.69) is 12.1 Å². The molecule has 2 heterocycles. The predicted molar refractivity (Wildman–Crippen MR) is 97.8 cm³/mol. The summed E-state index contributed by atoms with van der Waals surface area (Å²) in [6, 6.07) is 20.2. The molecule has 5 heteroatoms. The van der Waals surface area contributed by atoms with E-state index >= 15 is 0 Å². The average molecular weight is 350 g/mol. The molecule has 0 aromatic heterocycles. The van der Waals surface area contributed by atoms with Crippen LogP contribution in [-0.2, 0) is 4.79 Å². The molecule has 5 nitrogen and oxygen atoms in total. The third kappa shape index (κ3) is 2.83. The van der Waals surface area contributed by atoms with Crippen molar-refractivity contribution < 1.29 is 14.7 Å². The number of rotatable bonds is 3. The number of carbonyl (C=O) groups is 2. The van der Waals surface area contributed by atoms with Gasteiger partial charge in [-0.15, -0.1) is 0 Å². The number of likely N-dealkylation sites (tertiary alicyclic amines) is 2. The fourth-order valence-corrected chi connectivity index (χ4v) is 4.24. The highest BCUT2D eigenvalue weighted by Gasteiger charge is 2.51. The Bertz CT molecular complexity index is 785. The molecule has 0 saturated carbocycles. The summed E-state index contributed by atoms with van der Waals surface area (Å²) in [5.41, 5.74) is 2.19.